The number of aliphatic hydroxyl groups excluding tert-OH is 1. The second-order valence-corrected chi connectivity index (χ2v) is 2.70. The third-order valence-electron chi connectivity index (χ3n) is 1.72. The Kier molecular flexibility index (Phi) is 4.72. The van der Waals surface area contributed by atoms with Crippen molar-refractivity contribution < 1.29 is 5.11 Å². The van der Waals surface area contributed by atoms with E-state index in [-0.39, 0.29) is 12.6 Å². The van der Waals surface area contributed by atoms with E-state index in [1.54, 1.807) is 0 Å². The highest BCUT2D eigenvalue weighted by Gasteiger charge is 2.05. The first-order chi connectivity index (χ1) is 4.18. The van der Waals surface area contributed by atoms with E-state index >= 15 is 0 Å². The van der Waals surface area contributed by atoms with Gasteiger partial charge >= 0.3 is 0 Å². The molecule has 0 aliphatic heterocycles. The number of hydrogen-bond acceptors (Lipinski definition) is 2. The van der Waals surface area contributed by atoms with Crippen molar-refractivity contribution in [2.75, 3.05) is 6.61 Å². The van der Waals surface area contributed by atoms with Gasteiger partial charge in [0, 0.05) is 12.6 Å². The van der Waals surface area contributed by atoms with E-state index in [0.29, 0.717) is 5.92 Å². The molecule has 0 saturated heterocycles. The molecule has 0 heterocycles. The van der Waals surface area contributed by atoms with Gasteiger partial charge in [0.05, 0.1) is 0 Å². The Balaban J connectivity index is 3.16. The Morgan fingerprint density at radius 3 is 2.33 bits per heavy atom. The highest BCUT2D eigenvalue weighted by Crippen LogP contribution is 2.07. The summed E-state index contributed by atoms with van der Waals surface area (Å²) in [5.41, 5.74) is 5.60. The average Bonchev–Trinajstić information content (AvgIpc) is 1.82. The summed E-state index contributed by atoms with van der Waals surface area (Å²) in [7, 11) is 0. The summed E-state index contributed by atoms with van der Waals surface area (Å²) < 4.78 is 0. The summed E-state index contributed by atoms with van der Waals surface area (Å²) in [4.78, 5) is 0. The number of rotatable bonds is 4. The fraction of sp³-hybridized carbons (Fsp3) is 1.00. The van der Waals surface area contributed by atoms with E-state index in [9.17, 15) is 0 Å². The van der Waals surface area contributed by atoms with Crippen LogP contribution in [0.5, 0.6) is 0 Å². The predicted molar refractivity (Wildman–Crippen MR) is 39.1 cm³/mol. The van der Waals surface area contributed by atoms with Crippen molar-refractivity contribution in [2.45, 2.75) is 32.7 Å². The molecule has 0 spiro atoms. The molecule has 0 aliphatic rings. The van der Waals surface area contributed by atoms with E-state index < -0.39 is 0 Å². The molecule has 0 aromatic carbocycles. The molecule has 0 aromatic heterocycles. The van der Waals surface area contributed by atoms with Gasteiger partial charge in [0.1, 0.15) is 0 Å². The first-order valence-electron chi connectivity index (χ1n) is 3.55. The third-order valence-corrected chi connectivity index (χ3v) is 1.72. The Hall–Kier alpha value is -0.0800. The molecule has 2 unspecified atom stereocenters. The van der Waals surface area contributed by atoms with Crippen molar-refractivity contribution in [1.29, 1.82) is 0 Å². The molecule has 0 bridgehead atoms. The first-order valence-corrected chi connectivity index (χ1v) is 3.55. The Bertz CT molecular complexity index is 63.9. The quantitative estimate of drug-likeness (QED) is 0.591. The summed E-state index contributed by atoms with van der Waals surface area (Å²) in [6, 6.07) is 0.261. The SMILES string of the molecule is CC(N)C(C)CCCO. The minimum atomic E-state index is 0.261. The summed E-state index contributed by atoms with van der Waals surface area (Å²) in [6.07, 6.45) is 1.91. The molecule has 0 saturated carbocycles. The van der Waals surface area contributed by atoms with Crippen LogP contribution in [0, 0.1) is 5.92 Å². The largest absolute Gasteiger partial charge is 0.396 e. The Labute approximate surface area is 57.1 Å². The average molecular weight is 131 g/mol. The van der Waals surface area contributed by atoms with Gasteiger partial charge < -0.3 is 10.8 Å². The number of aliphatic hydroxyl groups is 1. The van der Waals surface area contributed by atoms with Gasteiger partial charge in [-0.05, 0) is 25.7 Å². The van der Waals surface area contributed by atoms with Crippen molar-refractivity contribution in [1.82, 2.24) is 0 Å². The Morgan fingerprint density at radius 1 is 1.44 bits per heavy atom. The summed E-state index contributed by atoms with van der Waals surface area (Å²) in [5, 5.41) is 8.46. The van der Waals surface area contributed by atoms with E-state index in [1.807, 2.05) is 6.92 Å². The lowest BCUT2D eigenvalue weighted by Gasteiger charge is -2.13. The van der Waals surface area contributed by atoms with Crippen molar-refractivity contribution in [2.24, 2.45) is 11.7 Å². The van der Waals surface area contributed by atoms with Crippen LogP contribution < -0.4 is 5.73 Å². The molecule has 2 atom stereocenters. The van der Waals surface area contributed by atoms with Crippen LogP contribution in [0.2, 0.25) is 0 Å². The monoisotopic (exact) mass is 131 g/mol. The predicted octanol–water partition coefficient (Wildman–Crippen LogP) is 0.742. The second-order valence-electron chi connectivity index (χ2n) is 2.70. The summed E-state index contributed by atoms with van der Waals surface area (Å²) >= 11 is 0. The van der Waals surface area contributed by atoms with Crippen LogP contribution in [0.25, 0.3) is 0 Å². The molecule has 3 N–H and O–H groups in total. The molecule has 0 aromatic rings. The van der Waals surface area contributed by atoms with Crippen molar-refractivity contribution in [3.63, 3.8) is 0 Å². The summed E-state index contributed by atoms with van der Waals surface area (Å²) in [5.74, 6) is 0.539. The van der Waals surface area contributed by atoms with Gasteiger partial charge in [0.2, 0.25) is 0 Å². The topological polar surface area (TPSA) is 46.2 Å². The lowest BCUT2D eigenvalue weighted by atomic mass is 9.99. The molecule has 9 heavy (non-hydrogen) atoms. The van der Waals surface area contributed by atoms with Crippen molar-refractivity contribution in [3.8, 4) is 0 Å². The van der Waals surface area contributed by atoms with E-state index in [4.69, 9.17) is 10.8 Å². The van der Waals surface area contributed by atoms with Crippen molar-refractivity contribution >= 4 is 0 Å². The van der Waals surface area contributed by atoms with Gasteiger partial charge in [-0.3, -0.25) is 0 Å². The molecule has 56 valence electrons. The van der Waals surface area contributed by atoms with Crippen LogP contribution in [0.3, 0.4) is 0 Å². The Morgan fingerprint density at radius 2 is 2.00 bits per heavy atom. The van der Waals surface area contributed by atoms with Gasteiger partial charge in [-0.15, -0.1) is 0 Å². The molecule has 0 rings (SSSR count). The maximum atomic E-state index is 8.46. The minimum Gasteiger partial charge on any atom is -0.396 e. The van der Waals surface area contributed by atoms with Crippen LogP contribution >= 0.6 is 0 Å². The van der Waals surface area contributed by atoms with Crippen LogP contribution in [0.1, 0.15) is 26.7 Å². The van der Waals surface area contributed by atoms with E-state index in [2.05, 4.69) is 6.92 Å². The normalized spacial score (nSPS) is 17.3. The first kappa shape index (κ1) is 8.92. The van der Waals surface area contributed by atoms with Gasteiger partial charge in [0.15, 0.2) is 0 Å². The molecule has 0 amide bonds. The van der Waals surface area contributed by atoms with Crippen LogP contribution in [0.15, 0.2) is 0 Å². The lowest BCUT2D eigenvalue weighted by Crippen LogP contribution is -2.24. The summed E-state index contributed by atoms with van der Waals surface area (Å²) in [6.45, 7) is 4.40. The standard InChI is InChI=1S/C7H17NO/c1-6(7(2)8)4-3-5-9/h6-7,9H,3-5,8H2,1-2H3. The molecule has 0 radical (unpaired) electrons. The minimum absolute atomic E-state index is 0.261. The third kappa shape index (κ3) is 4.43. The zero-order valence-corrected chi connectivity index (χ0v) is 6.30. The highest BCUT2D eigenvalue weighted by molar-refractivity contribution is 4.62. The zero-order chi connectivity index (χ0) is 7.28. The maximum absolute atomic E-state index is 8.46. The molecule has 0 fully saturated rings. The maximum Gasteiger partial charge on any atom is 0.0431 e. The van der Waals surface area contributed by atoms with Gasteiger partial charge in [-0.25, -0.2) is 0 Å². The van der Waals surface area contributed by atoms with E-state index in [1.165, 1.54) is 0 Å². The highest BCUT2D eigenvalue weighted by atomic mass is 16.2. The molecule has 2 nitrogen and oxygen atoms in total. The smallest absolute Gasteiger partial charge is 0.0431 e. The zero-order valence-electron chi connectivity index (χ0n) is 6.30. The van der Waals surface area contributed by atoms with Gasteiger partial charge in [-0.2, -0.15) is 0 Å². The fourth-order valence-electron chi connectivity index (χ4n) is 0.676. The number of hydrogen-bond donors (Lipinski definition) is 2. The van der Waals surface area contributed by atoms with Crippen molar-refractivity contribution in [3.05, 3.63) is 0 Å². The second kappa shape index (κ2) is 4.77. The number of nitrogens with two attached hydrogens (primary N) is 1. The van der Waals surface area contributed by atoms with Gasteiger partial charge in [-0.1, -0.05) is 6.92 Å². The van der Waals surface area contributed by atoms with Crippen LogP contribution in [-0.4, -0.2) is 17.8 Å². The molecular weight excluding hydrogens is 114 g/mol. The van der Waals surface area contributed by atoms with Gasteiger partial charge in [0.25, 0.3) is 0 Å². The fourth-order valence-corrected chi connectivity index (χ4v) is 0.676. The lowest BCUT2D eigenvalue weighted by molar-refractivity contribution is 0.269. The van der Waals surface area contributed by atoms with Crippen LogP contribution in [-0.2, 0) is 0 Å². The van der Waals surface area contributed by atoms with Crippen LogP contribution in [0.4, 0.5) is 0 Å². The molecule has 2 heteroatoms. The van der Waals surface area contributed by atoms with E-state index in [0.717, 1.165) is 12.8 Å². The molecular formula is C7H17NO. The molecule has 0 aliphatic carbocycles.